The van der Waals surface area contributed by atoms with Crippen LogP contribution in [-0.2, 0) is 14.8 Å². The van der Waals surface area contributed by atoms with E-state index >= 15 is 0 Å². The van der Waals surface area contributed by atoms with E-state index in [0.717, 1.165) is 19.5 Å². The van der Waals surface area contributed by atoms with Crippen LogP contribution in [0.2, 0.25) is 0 Å². The predicted octanol–water partition coefficient (Wildman–Crippen LogP) is 0.357. The molecule has 1 amide bonds. The SMILES string of the molecule is CC(N=C1NS(=O)(=O)c2ccccc21)C(=O)N1CCCNCC1.Cl. The number of hydrogen-bond donors (Lipinski definition) is 2. The number of sulfonamides is 1. The summed E-state index contributed by atoms with van der Waals surface area (Å²) in [5, 5.41) is 3.25. The molecule has 1 aromatic rings. The van der Waals surface area contributed by atoms with Crippen LogP contribution in [0.15, 0.2) is 34.2 Å². The lowest BCUT2D eigenvalue weighted by Crippen LogP contribution is -2.40. The number of amides is 1. The number of carbonyl (C=O) groups is 1. The maximum Gasteiger partial charge on any atom is 0.263 e. The molecule has 1 saturated heterocycles. The van der Waals surface area contributed by atoms with Gasteiger partial charge in [0.05, 0.1) is 4.90 Å². The predicted molar refractivity (Wildman–Crippen MR) is 94.1 cm³/mol. The Balaban J connectivity index is 0.00000208. The first-order chi connectivity index (χ1) is 11.0. The molecule has 24 heavy (non-hydrogen) atoms. The number of aliphatic imine (C=N–C) groups is 1. The first-order valence-electron chi connectivity index (χ1n) is 7.68. The molecule has 9 heteroatoms. The molecule has 1 atom stereocenters. The fraction of sp³-hybridized carbons (Fsp3) is 0.467. The lowest BCUT2D eigenvalue weighted by Gasteiger charge is -2.22. The van der Waals surface area contributed by atoms with Crippen LogP contribution in [-0.4, -0.2) is 57.3 Å². The standard InChI is InChI=1S/C15H20N4O3S.ClH/c1-11(15(20)19-9-4-7-16-8-10-19)17-14-12-5-2-3-6-13(12)23(21,22)18-14;/h2-3,5-6,11,16H,4,7-10H2,1H3,(H,17,18);1H. The molecule has 0 spiro atoms. The van der Waals surface area contributed by atoms with E-state index in [4.69, 9.17) is 0 Å². The molecule has 1 unspecified atom stereocenters. The van der Waals surface area contributed by atoms with Crippen molar-refractivity contribution >= 4 is 34.2 Å². The summed E-state index contributed by atoms with van der Waals surface area (Å²) in [6.45, 7) is 4.72. The van der Waals surface area contributed by atoms with Crippen molar-refractivity contribution in [2.24, 2.45) is 4.99 Å². The Morgan fingerprint density at radius 1 is 1.25 bits per heavy atom. The largest absolute Gasteiger partial charge is 0.340 e. The summed E-state index contributed by atoms with van der Waals surface area (Å²) in [6.07, 6.45) is 0.907. The van der Waals surface area contributed by atoms with Crippen LogP contribution in [0.1, 0.15) is 18.9 Å². The van der Waals surface area contributed by atoms with Gasteiger partial charge in [-0.15, -0.1) is 12.4 Å². The van der Waals surface area contributed by atoms with Crippen LogP contribution in [0.5, 0.6) is 0 Å². The molecule has 7 nitrogen and oxygen atoms in total. The van der Waals surface area contributed by atoms with Gasteiger partial charge in [0.1, 0.15) is 11.9 Å². The summed E-state index contributed by atoms with van der Waals surface area (Å²) < 4.78 is 26.6. The van der Waals surface area contributed by atoms with Crippen molar-refractivity contribution in [2.75, 3.05) is 26.2 Å². The van der Waals surface area contributed by atoms with Gasteiger partial charge in [-0.05, 0) is 32.0 Å². The van der Waals surface area contributed by atoms with Gasteiger partial charge in [0, 0.05) is 25.2 Å². The Bertz CT molecular complexity index is 743. The number of nitrogens with one attached hydrogen (secondary N) is 2. The van der Waals surface area contributed by atoms with Gasteiger partial charge in [-0.3, -0.25) is 14.5 Å². The maximum absolute atomic E-state index is 12.5. The summed E-state index contributed by atoms with van der Waals surface area (Å²) in [6, 6.07) is 6.02. The molecule has 1 aromatic carbocycles. The van der Waals surface area contributed by atoms with E-state index in [1.54, 1.807) is 30.0 Å². The number of halogens is 1. The summed E-state index contributed by atoms with van der Waals surface area (Å²) in [4.78, 5) is 18.8. The molecule has 0 saturated carbocycles. The highest BCUT2D eigenvalue weighted by atomic mass is 35.5. The van der Waals surface area contributed by atoms with Gasteiger partial charge < -0.3 is 10.2 Å². The van der Waals surface area contributed by atoms with Crippen LogP contribution in [0, 0.1) is 0 Å². The lowest BCUT2D eigenvalue weighted by molar-refractivity contribution is -0.131. The Morgan fingerprint density at radius 2 is 2.00 bits per heavy atom. The van der Waals surface area contributed by atoms with Gasteiger partial charge in [0.2, 0.25) is 5.91 Å². The second kappa shape index (κ2) is 7.50. The van der Waals surface area contributed by atoms with Gasteiger partial charge in [-0.1, -0.05) is 12.1 Å². The molecular formula is C15H21ClN4O3S. The highest BCUT2D eigenvalue weighted by molar-refractivity contribution is 7.90. The highest BCUT2D eigenvalue weighted by Gasteiger charge is 2.31. The number of amidine groups is 1. The van der Waals surface area contributed by atoms with E-state index in [-0.39, 0.29) is 29.0 Å². The quantitative estimate of drug-likeness (QED) is 0.784. The van der Waals surface area contributed by atoms with Gasteiger partial charge in [0.15, 0.2) is 0 Å². The molecule has 0 bridgehead atoms. The van der Waals surface area contributed by atoms with Crippen molar-refractivity contribution in [3.05, 3.63) is 29.8 Å². The second-order valence-electron chi connectivity index (χ2n) is 5.68. The zero-order valence-electron chi connectivity index (χ0n) is 13.4. The molecular weight excluding hydrogens is 352 g/mol. The molecule has 2 aliphatic rings. The zero-order valence-corrected chi connectivity index (χ0v) is 15.0. The van der Waals surface area contributed by atoms with Crippen LogP contribution in [0.3, 0.4) is 0 Å². The average Bonchev–Trinajstić information content (AvgIpc) is 2.73. The van der Waals surface area contributed by atoms with Crippen LogP contribution in [0.4, 0.5) is 0 Å². The summed E-state index contributed by atoms with van der Waals surface area (Å²) in [5.74, 6) is 0.166. The number of carbonyl (C=O) groups excluding carboxylic acids is 1. The number of fused-ring (bicyclic) bond motifs is 1. The zero-order chi connectivity index (χ0) is 16.4. The third kappa shape index (κ3) is 3.71. The van der Waals surface area contributed by atoms with E-state index in [9.17, 15) is 13.2 Å². The van der Waals surface area contributed by atoms with Crippen LogP contribution < -0.4 is 10.0 Å². The van der Waals surface area contributed by atoms with E-state index in [2.05, 4.69) is 15.0 Å². The minimum Gasteiger partial charge on any atom is -0.340 e. The van der Waals surface area contributed by atoms with Crippen LogP contribution >= 0.6 is 12.4 Å². The summed E-state index contributed by atoms with van der Waals surface area (Å²) in [7, 11) is -3.57. The van der Waals surface area contributed by atoms with Crippen molar-refractivity contribution in [3.63, 3.8) is 0 Å². The van der Waals surface area contributed by atoms with E-state index in [1.165, 1.54) is 6.07 Å². The first kappa shape index (κ1) is 18.7. The Morgan fingerprint density at radius 3 is 2.79 bits per heavy atom. The Labute approximate surface area is 148 Å². The number of benzene rings is 1. The normalized spacial score (nSPS) is 22.0. The van der Waals surface area contributed by atoms with Crippen molar-refractivity contribution in [3.8, 4) is 0 Å². The molecule has 1 fully saturated rings. The monoisotopic (exact) mass is 372 g/mol. The molecule has 132 valence electrons. The van der Waals surface area contributed by atoms with Gasteiger partial charge in [-0.2, -0.15) is 0 Å². The third-order valence-corrected chi connectivity index (χ3v) is 5.39. The van der Waals surface area contributed by atoms with Crippen molar-refractivity contribution in [1.82, 2.24) is 14.9 Å². The topological polar surface area (TPSA) is 90.9 Å². The smallest absolute Gasteiger partial charge is 0.263 e. The van der Waals surface area contributed by atoms with E-state index < -0.39 is 16.1 Å². The molecule has 2 aliphatic heterocycles. The van der Waals surface area contributed by atoms with Gasteiger partial charge in [-0.25, -0.2) is 8.42 Å². The maximum atomic E-state index is 12.5. The third-order valence-electron chi connectivity index (χ3n) is 3.99. The van der Waals surface area contributed by atoms with Gasteiger partial charge in [0.25, 0.3) is 10.0 Å². The minimum atomic E-state index is -3.57. The Kier molecular flexibility index (Phi) is 5.84. The van der Waals surface area contributed by atoms with Gasteiger partial charge >= 0.3 is 0 Å². The summed E-state index contributed by atoms with van der Waals surface area (Å²) in [5.41, 5.74) is 0.518. The molecule has 3 rings (SSSR count). The lowest BCUT2D eigenvalue weighted by atomic mass is 10.2. The molecule has 0 aliphatic carbocycles. The molecule has 0 aromatic heterocycles. The van der Waals surface area contributed by atoms with Crippen molar-refractivity contribution in [2.45, 2.75) is 24.3 Å². The van der Waals surface area contributed by atoms with E-state index in [1.807, 2.05) is 0 Å². The Hall–Kier alpha value is -1.64. The number of rotatable bonds is 2. The highest BCUT2D eigenvalue weighted by Crippen LogP contribution is 2.22. The molecule has 2 N–H and O–H groups in total. The fourth-order valence-corrected chi connectivity index (χ4v) is 4.05. The number of hydrogen-bond acceptors (Lipinski definition) is 5. The number of nitrogens with zero attached hydrogens (tertiary/aromatic N) is 2. The van der Waals surface area contributed by atoms with Crippen molar-refractivity contribution < 1.29 is 13.2 Å². The molecule has 2 heterocycles. The van der Waals surface area contributed by atoms with Crippen LogP contribution in [0.25, 0.3) is 0 Å². The average molecular weight is 373 g/mol. The minimum absolute atomic E-state index is 0. The van der Waals surface area contributed by atoms with Crippen molar-refractivity contribution in [1.29, 1.82) is 0 Å². The first-order valence-corrected chi connectivity index (χ1v) is 9.17. The summed E-state index contributed by atoms with van der Waals surface area (Å²) >= 11 is 0. The fourth-order valence-electron chi connectivity index (χ4n) is 2.81. The molecule has 0 radical (unpaired) electrons. The second-order valence-corrected chi connectivity index (χ2v) is 7.34. The van der Waals surface area contributed by atoms with E-state index in [0.29, 0.717) is 18.7 Å².